The molecule has 0 amide bonds. The van der Waals surface area contributed by atoms with E-state index in [1.54, 1.807) is 43.3 Å². The first kappa shape index (κ1) is 28.8. The predicted molar refractivity (Wildman–Crippen MR) is 138 cm³/mol. The van der Waals surface area contributed by atoms with Gasteiger partial charge in [0.2, 0.25) is 0 Å². The minimum absolute atomic E-state index is 0.0105. The molecule has 3 rings (SSSR count). The van der Waals surface area contributed by atoms with Crippen LogP contribution in [0.1, 0.15) is 34.7 Å². The molecule has 37 heavy (non-hydrogen) atoms. The zero-order valence-corrected chi connectivity index (χ0v) is 22.4. The first-order valence-corrected chi connectivity index (χ1v) is 13.1. The zero-order chi connectivity index (χ0) is 27.7. The Morgan fingerprint density at radius 3 is 2.41 bits per heavy atom. The molecular weight excluding hydrogens is 509 g/mol. The van der Waals surface area contributed by atoms with Crippen LogP contribution >= 0.6 is 0 Å². The molecule has 2 heterocycles. The highest BCUT2D eigenvalue weighted by Gasteiger charge is 2.38. The van der Waals surface area contributed by atoms with Gasteiger partial charge in [-0.05, 0) is 43.2 Å². The number of rotatable bonds is 8. The molecule has 1 aliphatic rings. The highest BCUT2D eigenvalue weighted by Crippen LogP contribution is 2.34. The van der Waals surface area contributed by atoms with Crippen LogP contribution in [0.15, 0.2) is 29.2 Å². The van der Waals surface area contributed by atoms with Gasteiger partial charge in [0.1, 0.15) is 0 Å². The number of anilines is 2. The quantitative estimate of drug-likeness (QED) is 0.499. The number of hydrogen-bond donors (Lipinski definition) is 2. The summed E-state index contributed by atoms with van der Waals surface area (Å²) in [5.41, 5.74) is 3.52. The molecule has 1 atom stereocenters. The number of piperazine rings is 1. The van der Waals surface area contributed by atoms with Gasteiger partial charge >= 0.3 is 6.18 Å². The van der Waals surface area contributed by atoms with E-state index in [1.165, 1.54) is 23.0 Å². The summed E-state index contributed by atoms with van der Waals surface area (Å²) in [5.74, 6) is 0. The van der Waals surface area contributed by atoms with Crippen LogP contribution in [-0.4, -0.2) is 79.2 Å². The maximum atomic E-state index is 13.1. The fourth-order valence-electron chi connectivity index (χ4n) is 4.50. The van der Waals surface area contributed by atoms with Crippen LogP contribution in [0.25, 0.3) is 0 Å². The van der Waals surface area contributed by atoms with Gasteiger partial charge in [-0.25, -0.2) is 0 Å². The third-order valence-electron chi connectivity index (χ3n) is 6.52. The monoisotopic (exact) mass is 542 g/mol. The lowest BCUT2D eigenvalue weighted by Crippen LogP contribution is -2.53. The highest BCUT2D eigenvalue weighted by atomic mass is 32.2. The molecule has 1 aliphatic heterocycles. The Kier molecular flexibility index (Phi) is 8.52. The van der Waals surface area contributed by atoms with Crippen LogP contribution in [-0.2, 0) is 17.3 Å². The van der Waals surface area contributed by atoms with Crippen LogP contribution in [0.3, 0.4) is 0 Å². The molecule has 0 bridgehead atoms. The van der Waals surface area contributed by atoms with Crippen LogP contribution in [0.5, 0.6) is 0 Å². The van der Waals surface area contributed by atoms with Crippen molar-refractivity contribution in [2.24, 2.45) is 7.05 Å². The second-order valence-corrected chi connectivity index (χ2v) is 11.6. The van der Waals surface area contributed by atoms with Gasteiger partial charge in [0.25, 0.3) is 15.8 Å². The largest absolute Gasteiger partial charge is 0.390 e. The van der Waals surface area contributed by atoms with Crippen molar-refractivity contribution in [1.29, 1.82) is 5.41 Å². The maximum Gasteiger partial charge on any atom is 0.390 e. The van der Waals surface area contributed by atoms with Gasteiger partial charge in [-0.3, -0.25) is 9.69 Å². The van der Waals surface area contributed by atoms with E-state index in [9.17, 15) is 26.4 Å². The van der Waals surface area contributed by atoms with Gasteiger partial charge in [0.15, 0.2) is 0 Å². The third kappa shape index (κ3) is 6.58. The van der Waals surface area contributed by atoms with Crippen molar-refractivity contribution in [2.75, 3.05) is 45.6 Å². The molecule has 1 saturated heterocycles. The summed E-state index contributed by atoms with van der Waals surface area (Å²) in [4.78, 5) is 13.7. The van der Waals surface area contributed by atoms with Crippen LogP contribution in [0.2, 0.25) is 0 Å². The standard InChI is InChI=1S/C24H33F3N6O3S/c1-16-11-21(29-19-10-17(2)23(34)31(5)14-19)18(13-28)12-20(16)22-15-33(37(35,36)30(3)4)9-8-32(22)7-6-24(25,26)27/h10-14,22,28-29H,6-9,15H2,1-5H3. The van der Waals surface area contributed by atoms with E-state index >= 15 is 0 Å². The number of halogens is 3. The number of pyridine rings is 1. The van der Waals surface area contributed by atoms with E-state index in [1.807, 2.05) is 6.92 Å². The Bertz CT molecular complexity index is 1300. The Hall–Kier alpha value is -2.74. The van der Waals surface area contributed by atoms with Crippen molar-refractivity contribution < 1.29 is 21.6 Å². The lowest BCUT2D eigenvalue weighted by atomic mass is 9.94. The fourth-order valence-corrected chi connectivity index (χ4v) is 5.60. The predicted octanol–water partition coefficient (Wildman–Crippen LogP) is 3.16. The molecule has 0 radical (unpaired) electrons. The molecule has 2 N–H and O–H groups in total. The molecule has 0 spiro atoms. The number of aromatic nitrogens is 1. The van der Waals surface area contributed by atoms with E-state index in [0.29, 0.717) is 28.1 Å². The number of aryl methyl sites for hydroxylation is 3. The minimum atomic E-state index is -4.34. The van der Waals surface area contributed by atoms with Crippen molar-refractivity contribution in [3.63, 3.8) is 0 Å². The summed E-state index contributed by atoms with van der Waals surface area (Å²) in [5, 5.41) is 11.2. The second kappa shape index (κ2) is 10.9. The van der Waals surface area contributed by atoms with Crippen LogP contribution in [0.4, 0.5) is 24.5 Å². The van der Waals surface area contributed by atoms with E-state index in [2.05, 4.69) is 5.32 Å². The lowest BCUT2D eigenvalue weighted by Gasteiger charge is -2.42. The maximum absolute atomic E-state index is 13.1. The van der Waals surface area contributed by atoms with Crippen LogP contribution < -0.4 is 10.9 Å². The van der Waals surface area contributed by atoms with Gasteiger partial charge in [-0.1, -0.05) is 0 Å². The average molecular weight is 543 g/mol. The summed E-state index contributed by atoms with van der Waals surface area (Å²) < 4.78 is 68.6. The highest BCUT2D eigenvalue weighted by molar-refractivity contribution is 7.86. The first-order valence-electron chi connectivity index (χ1n) is 11.7. The van der Waals surface area contributed by atoms with Crippen molar-refractivity contribution in [3.05, 3.63) is 57.0 Å². The number of nitrogens with one attached hydrogen (secondary N) is 2. The van der Waals surface area contributed by atoms with Crippen molar-refractivity contribution in [1.82, 2.24) is 18.1 Å². The van der Waals surface area contributed by atoms with Gasteiger partial charge in [-0.2, -0.15) is 30.2 Å². The van der Waals surface area contributed by atoms with Gasteiger partial charge in [-0.15, -0.1) is 0 Å². The third-order valence-corrected chi connectivity index (χ3v) is 8.43. The van der Waals surface area contributed by atoms with Gasteiger partial charge < -0.3 is 15.3 Å². The lowest BCUT2D eigenvalue weighted by molar-refractivity contribution is -0.140. The summed E-state index contributed by atoms with van der Waals surface area (Å²) in [7, 11) is 0.707. The van der Waals surface area contributed by atoms with Gasteiger partial charge in [0.05, 0.1) is 12.1 Å². The van der Waals surface area contributed by atoms with E-state index in [-0.39, 0.29) is 31.7 Å². The van der Waals surface area contributed by atoms with E-state index in [0.717, 1.165) is 16.1 Å². The Morgan fingerprint density at radius 1 is 1.16 bits per heavy atom. The van der Waals surface area contributed by atoms with Crippen molar-refractivity contribution in [3.8, 4) is 0 Å². The van der Waals surface area contributed by atoms with Crippen molar-refractivity contribution in [2.45, 2.75) is 32.5 Å². The first-order chi connectivity index (χ1) is 17.1. The Labute approximate surface area is 215 Å². The fraction of sp³-hybridized carbons (Fsp3) is 0.500. The molecule has 13 heteroatoms. The molecule has 0 aliphatic carbocycles. The molecule has 204 valence electrons. The Balaban J connectivity index is 2.01. The summed E-state index contributed by atoms with van der Waals surface area (Å²) in [6, 6.07) is 4.58. The second-order valence-electron chi connectivity index (χ2n) is 9.46. The SMILES string of the molecule is Cc1cc(Nc2cc(C)c(=O)n(C)c2)c(C=N)cc1C1CN(S(=O)(=O)N(C)C)CCN1CCC(F)(F)F. The summed E-state index contributed by atoms with van der Waals surface area (Å²) >= 11 is 0. The minimum Gasteiger partial charge on any atom is -0.354 e. The number of nitrogens with zero attached hydrogens (tertiary/aromatic N) is 4. The van der Waals surface area contributed by atoms with Gasteiger partial charge in [0, 0.05) is 82.6 Å². The van der Waals surface area contributed by atoms with Crippen molar-refractivity contribution >= 4 is 27.8 Å². The summed E-state index contributed by atoms with van der Waals surface area (Å²) in [6.45, 7) is 3.46. The molecule has 1 aromatic carbocycles. The van der Waals surface area contributed by atoms with E-state index < -0.39 is 28.8 Å². The molecular formula is C24H33F3N6O3S. The number of benzene rings is 1. The molecule has 1 fully saturated rings. The van der Waals surface area contributed by atoms with E-state index in [4.69, 9.17) is 5.41 Å². The van der Waals surface area contributed by atoms with Crippen LogP contribution in [0, 0.1) is 19.3 Å². The average Bonchev–Trinajstić information content (AvgIpc) is 2.80. The number of alkyl halides is 3. The topological polar surface area (TPSA) is 102 Å². The molecule has 1 unspecified atom stereocenters. The molecule has 2 aromatic rings. The molecule has 9 nitrogen and oxygen atoms in total. The summed E-state index contributed by atoms with van der Waals surface area (Å²) in [6.07, 6.45) is -2.58. The number of hydrogen-bond acceptors (Lipinski definition) is 6. The molecule has 0 saturated carbocycles. The zero-order valence-electron chi connectivity index (χ0n) is 21.6. The molecule has 1 aromatic heterocycles. The normalized spacial score (nSPS) is 17.8. The Morgan fingerprint density at radius 2 is 1.84 bits per heavy atom. The smallest absolute Gasteiger partial charge is 0.354 e.